The molecule has 1 saturated heterocycles. The van der Waals surface area contributed by atoms with Crippen LogP contribution < -0.4 is 5.11 Å². The predicted octanol–water partition coefficient (Wildman–Crippen LogP) is 2.68. The fraction of sp³-hybridized carbons (Fsp3) is 0.286. The first-order valence-electron chi connectivity index (χ1n) is 5.72. The van der Waals surface area contributed by atoms with Crippen LogP contribution in [0, 0.1) is 0 Å². The summed E-state index contributed by atoms with van der Waals surface area (Å²) in [4.78, 5) is 1.07. The highest BCUT2D eigenvalue weighted by Crippen LogP contribution is 2.33. The van der Waals surface area contributed by atoms with E-state index in [9.17, 15) is 5.11 Å². The van der Waals surface area contributed by atoms with Crippen molar-refractivity contribution in [3.63, 3.8) is 0 Å². The second-order valence-electron chi connectivity index (χ2n) is 4.22. The maximum absolute atomic E-state index is 12.3. The Labute approximate surface area is 98.5 Å². The van der Waals surface area contributed by atoms with Crippen LogP contribution in [0.25, 0.3) is 10.8 Å². The lowest BCUT2D eigenvalue weighted by Gasteiger charge is -2.14. The predicted molar refractivity (Wildman–Crippen MR) is 68.0 cm³/mol. The van der Waals surface area contributed by atoms with E-state index in [-0.39, 0.29) is 16.6 Å². The van der Waals surface area contributed by atoms with Gasteiger partial charge in [0.2, 0.25) is 0 Å². The van der Waals surface area contributed by atoms with E-state index in [1.54, 1.807) is 0 Å². The summed E-state index contributed by atoms with van der Waals surface area (Å²) in [6.07, 6.45) is 2.57. The number of fused-ring (bicyclic) bond motifs is 1. The molecule has 0 saturated carbocycles. The summed E-state index contributed by atoms with van der Waals surface area (Å²) in [5.41, 5.74) is 0. The molecule has 0 unspecified atom stereocenters. The molecule has 0 N–H and O–H groups in total. The Morgan fingerprint density at radius 2 is 1.69 bits per heavy atom. The van der Waals surface area contributed by atoms with E-state index in [1.807, 2.05) is 24.3 Å². The Morgan fingerprint density at radius 3 is 2.50 bits per heavy atom. The van der Waals surface area contributed by atoms with Crippen LogP contribution in [-0.2, 0) is 10.9 Å². The van der Waals surface area contributed by atoms with E-state index in [0.29, 0.717) is 0 Å². The minimum Gasteiger partial charge on any atom is -0.869 e. The standard InChI is InChI=1S/C14H14OS/c15-14-12-6-2-1-5-11(12)7-8-13(14)16-9-3-4-10-16/h1-2,5-8H,3-4,9-10H2. The molecule has 1 aliphatic rings. The highest BCUT2D eigenvalue weighted by molar-refractivity contribution is 7.97. The third-order valence-corrected chi connectivity index (χ3v) is 5.69. The van der Waals surface area contributed by atoms with E-state index in [0.717, 1.165) is 15.7 Å². The molecular weight excluding hydrogens is 216 g/mol. The molecule has 2 aromatic carbocycles. The Morgan fingerprint density at radius 1 is 0.938 bits per heavy atom. The Balaban J connectivity index is 2.15. The summed E-state index contributed by atoms with van der Waals surface area (Å²) >= 11 is 0. The molecule has 3 rings (SSSR count). The molecule has 0 aliphatic carbocycles. The maximum atomic E-state index is 12.3. The zero-order valence-electron chi connectivity index (χ0n) is 9.11. The summed E-state index contributed by atoms with van der Waals surface area (Å²) in [5.74, 6) is 2.70. The van der Waals surface area contributed by atoms with E-state index < -0.39 is 0 Å². The third-order valence-electron chi connectivity index (χ3n) is 3.19. The van der Waals surface area contributed by atoms with E-state index in [4.69, 9.17) is 0 Å². The van der Waals surface area contributed by atoms with E-state index >= 15 is 0 Å². The summed E-state index contributed by atoms with van der Waals surface area (Å²) in [5, 5.41) is 14.3. The van der Waals surface area contributed by atoms with Crippen LogP contribution in [0.4, 0.5) is 0 Å². The second kappa shape index (κ2) is 4.02. The van der Waals surface area contributed by atoms with Crippen LogP contribution >= 0.6 is 0 Å². The quantitative estimate of drug-likeness (QED) is 0.691. The van der Waals surface area contributed by atoms with Gasteiger partial charge in [0.15, 0.2) is 0 Å². The summed E-state index contributed by atoms with van der Waals surface area (Å²) in [7, 11) is 0.229. The average Bonchev–Trinajstić information content (AvgIpc) is 2.83. The van der Waals surface area contributed by atoms with Gasteiger partial charge in [-0.25, -0.2) is 0 Å². The second-order valence-corrected chi connectivity index (χ2v) is 6.46. The van der Waals surface area contributed by atoms with Crippen molar-refractivity contribution in [2.75, 3.05) is 11.5 Å². The van der Waals surface area contributed by atoms with Crippen molar-refractivity contribution in [1.29, 1.82) is 0 Å². The van der Waals surface area contributed by atoms with Gasteiger partial charge in [-0.3, -0.25) is 0 Å². The average molecular weight is 230 g/mol. The van der Waals surface area contributed by atoms with Crippen molar-refractivity contribution in [2.45, 2.75) is 17.7 Å². The molecule has 16 heavy (non-hydrogen) atoms. The third kappa shape index (κ3) is 1.57. The van der Waals surface area contributed by atoms with Gasteiger partial charge in [-0.2, -0.15) is 0 Å². The van der Waals surface area contributed by atoms with Crippen LogP contribution in [-0.4, -0.2) is 11.5 Å². The van der Waals surface area contributed by atoms with Gasteiger partial charge in [0, 0.05) is 10.9 Å². The summed E-state index contributed by atoms with van der Waals surface area (Å²) in [6, 6.07) is 12.0. The first-order valence-corrected chi connectivity index (χ1v) is 7.29. The van der Waals surface area contributed by atoms with E-state index in [2.05, 4.69) is 12.1 Å². The minimum absolute atomic E-state index is 0.229. The Bertz CT molecular complexity index is 515. The smallest absolute Gasteiger partial charge is 0.147 e. The van der Waals surface area contributed by atoms with Crippen LogP contribution in [0.1, 0.15) is 12.8 Å². The fourth-order valence-corrected chi connectivity index (χ4v) is 4.71. The van der Waals surface area contributed by atoms with Crippen molar-refractivity contribution in [2.24, 2.45) is 0 Å². The molecule has 1 heterocycles. The first-order chi connectivity index (χ1) is 7.86. The van der Waals surface area contributed by atoms with E-state index in [1.165, 1.54) is 24.3 Å². The molecule has 0 aromatic heterocycles. The van der Waals surface area contributed by atoms with Gasteiger partial charge in [-0.05, 0) is 41.5 Å². The van der Waals surface area contributed by atoms with Gasteiger partial charge in [-0.1, -0.05) is 24.3 Å². The number of benzene rings is 2. The fourth-order valence-electron chi connectivity index (χ4n) is 2.32. The lowest BCUT2D eigenvalue weighted by Crippen LogP contribution is -2.08. The zero-order chi connectivity index (χ0) is 11.0. The monoisotopic (exact) mass is 230 g/mol. The largest absolute Gasteiger partial charge is 0.869 e. The van der Waals surface area contributed by atoms with Crippen molar-refractivity contribution in [3.8, 4) is 5.75 Å². The van der Waals surface area contributed by atoms with Gasteiger partial charge in [0.1, 0.15) is 16.4 Å². The first kappa shape index (κ1) is 10.0. The topological polar surface area (TPSA) is 23.1 Å². The maximum Gasteiger partial charge on any atom is 0.147 e. The van der Waals surface area contributed by atoms with Gasteiger partial charge in [0.05, 0.1) is 0 Å². The van der Waals surface area contributed by atoms with Crippen LogP contribution in [0.3, 0.4) is 0 Å². The van der Waals surface area contributed by atoms with Crippen molar-refractivity contribution in [3.05, 3.63) is 36.4 Å². The number of hydrogen-bond donors (Lipinski definition) is 0. The number of rotatable bonds is 1. The lowest BCUT2D eigenvalue weighted by molar-refractivity contribution is -0.269. The van der Waals surface area contributed by atoms with Crippen LogP contribution in [0.2, 0.25) is 0 Å². The number of hydrogen-bond acceptors (Lipinski definition) is 1. The zero-order valence-corrected chi connectivity index (χ0v) is 9.93. The molecule has 2 heteroatoms. The van der Waals surface area contributed by atoms with Crippen molar-refractivity contribution >= 4 is 21.7 Å². The lowest BCUT2D eigenvalue weighted by atomic mass is 10.1. The molecule has 82 valence electrons. The van der Waals surface area contributed by atoms with Crippen molar-refractivity contribution < 1.29 is 5.11 Å². The Hall–Kier alpha value is -1.15. The van der Waals surface area contributed by atoms with Gasteiger partial charge < -0.3 is 5.11 Å². The molecule has 0 atom stereocenters. The summed E-state index contributed by atoms with van der Waals surface area (Å²) < 4.78 is 0. The SMILES string of the molecule is [O-]c1c([S+]2CCCC2)ccc2ccccc12. The normalized spacial score (nSPS) is 17.0. The van der Waals surface area contributed by atoms with Crippen LogP contribution in [0.15, 0.2) is 41.3 Å². The van der Waals surface area contributed by atoms with Crippen LogP contribution in [0.5, 0.6) is 5.75 Å². The molecule has 0 radical (unpaired) electrons. The minimum atomic E-state index is 0.229. The van der Waals surface area contributed by atoms with Crippen molar-refractivity contribution in [1.82, 2.24) is 0 Å². The highest BCUT2D eigenvalue weighted by Gasteiger charge is 2.27. The van der Waals surface area contributed by atoms with Gasteiger partial charge in [0.25, 0.3) is 0 Å². The molecule has 1 nitrogen and oxygen atoms in total. The van der Waals surface area contributed by atoms with Gasteiger partial charge in [-0.15, -0.1) is 0 Å². The van der Waals surface area contributed by atoms with Gasteiger partial charge >= 0.3 is 0 Å². The Kier molecular flexibility index (Phi) is 2.52. The molecule has 0 spiro atoms. The molecule has 0 amide bonds. The molecule has 1 fully saturated rings. The molecule has 1 aliphatic heterocycles. The molecule has 0 bridgehead atoms. The summed E-state index contributed by atoms with van der Waals surface area (Å²) in [6.45, 7) is 0. The highest BCUT2D eigenvalue weighted by atomic mass is 32.2. The molecule has 2 aromatic rings. The molecular formula is C14H14OS.